The third-order valence-electron chi connectivity index (χ3n) is 2.16. The van der Waals surface area contributed by atoms with E-state index in [0.29, 0.717) is 5.95 Å². The van der Waals surface area contributed by atoms with Crippen molar-refractivity contribution >= 4 is 23.2 Å². The van der Waals surface area contributed by atoms with Gasteiger partial charge in [-0.2, -0.15) is 4.98 Å². The highest BCUT2D eigenvalue weighted by Gasteiger charge is 2.01. The molecule has 3 aromatic rings. The number of nitrogens with one attached hydrogen (secondary N) is 2. The second-order valence-electron chi connectivity index (χ2n) is 3.28. The smallest absolute Gasteiger partial charge is 0.248 e. The van der Waals surface area contributed by atoms with E-state index in [1.165, 1.54) is 0 Å². The van der Waals surface area contributed by atoms with Crippen LogP contribution in [0, 0.1) is 0 Å². The Labute approximate surface area is 90.3 Å². The quantitative estimate of drug-likeness (QED) is 0.586. The van der Waals surface area contributed by atoms with Crippen molar-refractivity contribution < 1.29 is 0 Å². The van der Waals surface area contributed by atoms with Crippen molar-refractivity contribution in [2.24, 2.45) is 0 Å². The van der Waals surface area contributed by atoms with Crippen molar-refractivity contribution in [1.82, 2.24) is 24.6 Å². The summed E-state index contributed by atoms with van der Waals surface area (Å²) in [5, 5.41) is 9.45. The molecule has 3 rings (SSSR count). The summed E-state index contributed by atoms with van der Waals surface area (Å²) < 4.78 is 1.91. The van der Waals surface area contributed by atoms with Gasteiger partial charge in [-0.3, -0.25) is 0 Å². The minimum atomic E-state index is 0.282. The zero-order valence-electron chi connectivity index (χ0n) is 8.25. The Morgan fingerprint density at radius 3 is 3.12 bits per heavy atom. The molecule has 0 saturated carbocycles. The largest absolute Gasteiger partial charge is 0.368 e. The molecule has 3 aromatic heterocycles. The lowest BCUT2D eigenvalue weighted by atomic mass is 10.4. The van der Waals surface area contributed by atoms with Gasteiger partial charge in [-0.25, -0.2) is 10.1 Å². The molecule has 16 heavy (non-hydrogen) atoms. The van der Waals surface area contributed by atoms with E-state index in [0.717, 1.165) is 11.3 Å². The molecule has 4 N–H and O–H groups in total. The molecule has 0 spiro atoms. The van der Waals surface area contributed by atoms with Crippen molar-refractivity contribution in [3.63, 3.8) is 0 Å². The van der Waals surface area contributed by atoms with Crippen molar-refractivity contribution in [3.8, 4) is 0 Å². The summed E-state index contributed by atoms with van der Waals surface area (Å²) in [6, 6.07) is 3.80. The summed E-state index contributed by atoms with van der Waals surface area (Å²) in [6.45, 7) is 0. The van der Waals surface area contributed by atoms with Crippen LogP contribution in [0.4, 0.5) is 17.6 Å². The molecule has 0 bridgehead atoms. The maximum absolute atomic E-state index is 5.42. The molecule has 0 fully saturated rings. The molecule has 0 radical (unpaired) electrons. The summed E-state index contributed by atoms with van der Waals surface area (Å²) in [6.07, 6.45) is 5.52. The van der Waals surface area contributed by atoms with E-state index in [2.05, 4.69) is 25.5 Å². The Morgan fingerprint density at radius 1 is 1.38 bits per heavy atom. The average Bonchev–Trinajstić information content (AvgIpc) is 2.87. The van der Waals surface area contributed by atoms with E-state index in [1.54, 1.807) is 6.20 Å². The molecule has 0 aliphatic rings. The summed E-state index contributed by atoms with van der Waals surface area (Å²) in [5.74, 6) is 0.720. The number of nitrogens with zero attached hydrogens (tertiary/aromatic N) is 4. The fourth-order valence-corrected chi connectivity index (χ4v) is 1.45. The molecule has 0 unspecified atom stereocenters. The van der Waals surface area contributed by atoms with Crippen LogP contribution in [0.15, 0.2) is 30.7 Å². The van der Waals surface area contributed by atoms with Crippen LogP contribution in [-0.2, 0) is 0 Å². The Hall–Kier alpha value is -2.57. The maximum Gasteiger partial charge on any atom is 0.248 e. The minimum Gasteiger partial charge on any atom is -0.368 e. The zero-order chi connectivity index (χ0) is 11.0. The van der Waals surface area contributed by atoms with E-state index in [-0.39, 0.29) is 5.95 Å². The Bertz CT molecular complexity index is 623. The second-order valence-corrected chi connectivity index (χ2v) is 3.28. The molecule has 0 aromatic carbocycles. The van der Waals surface area contributed by atoms with Crippen LogP contribution in [-0.4, -0.2) is 24.6 Å². The number of hydrogen-bond acceptors (Lipinski definition) is 5. The van der Waals surface area contributed by atoms with Crippen LogP contribution in [0.2, 0.25) is 0 Å². The van der Waals surface area contributed by atoms with Gasteiger partial charge in [-0.15, -0.1) is 5.10 Å². The number of anilines is 3. The zero-order valence-corrected chi connectivity index (χ0v) is 8.25. The van der Waals surface area contributed by atoms with Gasteiger partial charge in [0.25, 0.3) is 0 Å². The van der Waals surface area contributed by atoms with Gasteiger partial charge in [0.1, 0.15) is 5.65 Å². The van der Waals surface area contributed by atoms with Gasteiger partial charge in [-0.05, 0) is 6.07 Å². The van der Waals surface area contributed by atoms with Crippen LogP contribution in [0.25, 0.3) is 5.65 Å². The van der Waals surface area contributed by atoms with E-state index >= 15 is 0 Å². The Balaban J connectivity index is 1.94. The number of aromatic nitrogens is 5. The molecular formula is C9H9N7. The van der Waals surface area contributed by atoms with Crippen LogP contribution in [0.5, 0.6) is 0 Å². The number of fused-ring (bicyclic) bond motifs is 1. The first-order valence-electron chi connectivity index (χ1n) is 4.69. The van der Waals surface area contributed by atoms with Crippen molar-refractivity contribution in [1.29, 1.82) is 0 Å². The normalized spacial score (nSPS) is 10.8. The topological polar surface area (TPSA) is 96.9 Å². The van der Waals surface area contributed by atoms with E-state index in [1.807, 2.05) is 28.9 Å². The standard InChI is InChI=1S/C9H9N7/c10-8-13-9(15-14-8)12-6-1-3-16-4-2-11-7(16)5-6/h1-5H,(H4,10,12,13,14,15). The summed E-state index contributed by atoms with van der Waals surface area (Å²) in [4.78, 5) is 8.12. The van der Waals surface area contributed by atoms with Gasteiger partial charge >= 0.3 is 0 Å². The van der Waals surface area contributed by atoms with Crippen LogP contribution in [0.3, 0.4) is 0 Å². The van der Waals surface area contributed by atoms with E-state index < -0.39 is 0 Å². The van der Waals surface area contributed by atoms with Crippen molar-refractivity contribution in [2.75, 3.05) is 11.1 Å². The monoisotopic (exact) mass is 215 g/mol. The van der Waals surface area contributed by atoms with Crippen molar-refractivity contribution in [2.45, 2.75) is 0 Å². The molecule has 0 aliphatic heterocycles. The molecule has 0 saturated heterocycles. The van der Waals surface area contributed by atoms with Crippen LogP contribution >= 0.6 is 0 Å². The van der Waals surface area contributed by atoms with E-state index in [4.69, 9.17) is 5.73 Å². The third kappa shape index (κ3) is 1.44. The fraction of sp³-hybridized carbons (Fsp3) is 0. The SMILES string of the molecule is Nc1nc(Nc2ccn3ccnc3c2)n[nH]1. The number of H-pyrrole nitrogens is 1. The lowest BCUT2D eigenvalue weighted by Gasteiger charge is -2.01. The van der Waals surface area contributed by atoms with Gasteiger partial charge in [0.05, 0.1) is 0 Å². The highest BCUT2D eigenvalue weighted by molar-refractivity contribution is 5.59. The lowest BCUT2D eigenvalue weighted by Crippen LogP contribution is -1.94. The molecule has 0 aliphatic carbocycles. The molecule has 0 amide bonds. The number of nitrogens with two attached hydrogens (primary N) is 1. The van der Waals surface area contributed by atoms with Crippen LogP contribution < -0.4 is 11.1 Å². The van der Waals surface area contributed by atoms with Gasteiger partial charge in [-0.1, -0.05) is 0 Å². The molecule has 7 nitrogen and oxygen atoms in total. The molecule has 7 heteroatoms. The predicted molar refractivity (Wildman–Crippen MR) is 59.3 cm³/mol. The van der Waals surface area contributed by atoms with E-state index in [9.17, 15) is 0 Å². The van der Waals surface area contributed by atoms with Gasteiger partial charge < -0.3 is 15.5 Å². The number of nitrogen functional groups attached to an aromatic ring is 1. The van der Waals surface area contributed by atoms with Crippen molar-refractivity contribution in [3.05, 3.63) is 30.7 Å². The number of imidazole rings is 1. The lowest BCUT2D eigenvalue weighted by molar-refractivity contribution is 1.10. The van der Waals surface area contributed by atoms with Gasteiger partial charge in [0, 0.05) is 30.3 Å². The molecule has 0 atom stereocenters. The first kappa shape index (κ1) is 8.72. The first-order chi connectivity index (χ1) is 7.81. The number of hydrogen-bond donors (Lipinski definition) is 3. The highest BCUT2D eigenvalue weighted by Crippen LogP contribution is 2.14. The minimum absolute atomic E-state index is 0.282. The predicted octanol–water partition coefficient (Wildman–Crippen LogP) is 0.778. The summed E-state index contributed by atoms with van der Waals surface area (Å²) in [5.41, 5.74) is 7.13. The molecular weight excluding hydrogens is 206 g/mol. The summed E-state index contributed by atoms with van der Waals surface area (Å²) >= 11 is 0. The second kappa shape index (κ2) is 3.23. The fourth-order valence-electron chi connectivity index (χ4n) is 1.45. The summed E-state index contributed by atoms with van der Waals surface area (Å²) in [7, 11) is 0. The Kier molecular flexibility index (Phi) is 1.76. The Morgan fingerprint density at radius 2 is 2.31 bits per heavy atom. The molecule has 80 valence electrons. The maximum atomic E-state index is 5.42. The average molecular weight is 215 g/mol. The number of rotatable bonds is 2. The van der Waals surface area contributed by atoms with Crippen LogP contribution in [0.1, 0.15) is 0 Å². The highest BCUT2D eigenvalue weighted by atomic mass is 15.3. The number of pyridine rings is 1. The first-order valence-corrected chi connectivity index (χ1v) is 4.69. The third-order valence-corrected chi connectivity index (χ3v) is 2.16. The molecule has 3 heterocycles. The number of aromatic amines is 1. The van der Waals surface area contributed by atoms with Gasteiger partial charge in [0.2, 0.25) is 11.9 Å². The van der Waals surface area contributed by atoms with Gasteiger partial charge in [0.15, 0.2) is 0 Å².